The Labute approximate surface area is 45.8 Å². The number of nitrogens with one attached hydrogen (secondary N) is 1. The number of carboxylic acid groups (broad SMARTS) is 1. The van der Waals surface area contributed by atoms with Crippen molar-refractivity contribution in [1.29, 1.82) is 0 Å². The van der Waals surface area contributed by atoms with E-state index < -0.39 is 6.16 Å². The van der Waals surface area contributed by atoms with Crippen LogP contribution in [0.1, 0.15) is 0 Å². The lowest BCUT2D eigenvalue weighted by Gasteiger charge is -1.96. The van der Waals surface area contributed by atoms with Crippen LogP contribution in [0.25, 0.3) is 0 Å². The number of hydrogen-bond acceptors (Lipinski definition) is 4. The first kappa shape index (κ1) is 7.19. The van der Waals surface area contributed by atoms with E-state index in [1.165, 1.54) is 0 Å². The molecule has 48 valence electrons. The molecule has 0 aromatic carbocycles. The Bertz CT molecular complexity index is 73.7. The quantitative estimate of drug-likeness (QED) is 0.336. The second-order valence-corrected chi connectivity index (χ2v) is 0.986. The fourth-order valence-corrected chi connectivity index (χ4v) is 0.158. The fourth-order valence-electron chi connectivity index (χ4n) is 0.158. The summed E-state index contributed by atoms with van der Waals surface area (Å²) < 4.78 is 0. The third-order valence-electron chi connectivity index (χ3n) is 0.373. The number of carbonyl (C=O) groups is 1. The number of hydrogen-bond donors (Lipinski definition) is 3. The third-order valence-corrected chi connectivity index (χ3v) is 0.373. The van der Waals surface area contributed by atoms with Gasteiger partial charge in [-0.25, -0.2) is 4.79 Å². The molecule has 3 N–H and O–H groups in total. The summed E-state index contributed by atoms with van der Waals surface area (Å²) in [5.74, 6) is 0. The van der Waals surface area contributed by atoms with E-state index in [0.717, 1.165) is 0 Å². The third kappa shape index (κ3) is 5.19. The van der Waals surface area contributed by atoms with Crippen LogP contribution in [0.4, 0.5) is 4.79 Å². The molecule has 5 heteroatoms. The second-order valence-electron chi connectivity index (χ2n) is 0.986. The van der Waals surface area contributed by atoms with Crippen LogP contribution in [0.15, 0.2) is 0 Å². The van der Waals surface area contributed by atoms with Crippen molar-refractivity contribution in [2.75, 3.05) is 13.2 Å². The van der Waals surface area contributed by atoms with Crippen molar-refractivity contribution in [3.63, 3.8) is 0 Å². The van der Waals surface area contributed by atoms with Crippen LogP contribution in [-0.4, -0.2) is 29.5 Å². The summed E-state index contributed by atoms with van der Waals surface area (Å²) >= 11 is 0. The van der Waals surface area contributed by atoms with Crippen molar-refractivity contribution in [2.24, 2.45) is 0 Å². The van der Waals surface area contributed by atoms with Crippen LogP contribution in [0, 0.1) is 0 Å². The molecule has 0 saturated carbocycles. The molecule has 0 heterocycles. The molecule has 0 rings (SSSR count). The van der Waals surface area contributed by atoms with Gasteiger partial charge in [-0.2, -0.15) is 0 Å². The zero-order valence-corrected chi connectivity index (χ0v) is 4.13. The molecule has 0 aromatic rings. The zero-order chi connectivity index (χ0) is 6.41. The van der Waals surface area contributed by atoms with Gasteiger partial charge in [0.1, 0.15) is 0 Å². The van der Waals surface area contributed by atoms with E-state index in [2.05, 4.69) is 4.84 Å². The largest absolute Gasteiger partial charge is 0.525 e. The first-order valence-corrected chi connectivity index (χ1v) is 2.01. The maximum absolute atomic E-state index is 9.51. The number of aliphatic hydroxyl groups is 1. The topological polar surface area (TPSA) is 78.8 Å². The number of rotatable bonds is 3. The maximum Gasteiger partial charge on any atom is 0.525 e. The molecule has 0 aliphatic heterocycles. The predicted octanol–water partition coefficient (Wildman–Crippen LogP) is -0.822. The van der Waals surface area contributed by atoms with Gasteiger partial charge in [0.05, 0.1) is 13.2 Å². The first-order valence-electron chi connectivity index (χ1n) is 2.01. The van der Waals surface area contributed by atoms with Gasteiger partial charge in [0, 0.05) is 0 Å². The molecular formula is C3H7NO4. The van der Waals surface area contributed by atoms with Gasteiger partial charge in [0.2, 0.25) is 0 Å². The molecule has 5 nitrogen and oxygen atoms in total. The average molecular weight is 121 g/mol. The molecule has 0 amide bonds. The standard InChI is InChI=1S/C3H7NO4/c5-2-1-4-8-3(6)7/h4-5H,1-2H2,(H,6,7). The Kier molecular flexibility index (Phi) is 3.91. The number of hydroxylamine groups is 1. The smallest absolute Gasteiger partial charge is 0.448 e. The summed E-state index contributed by atoms with van der Waals surface area (Å²) in [6.45, 7) is -0.0282. The molecule has 0 aliphatic carbocycles. The fraction of sp³-hybridized carbons (Fsp3) is 0.667. The molecule has 8 heavy (non-hydrogen) atoms. The Hall–Kier alpha value is -0.810. The molecule has 0 atom stereocenters. The predicted molar refractivity (Wildman–Crippen MR) is 24.2 cm³/mol. The summed E-state index contributed by atoms with van der Waals surface area (Å²) in [5, 5.41) is 15.8. The van der Waals surface area contributed by atoms with E-state index in [4.69, 9.17) is 10.2 Å². The van der Waals surface area contributed by atoms with Crippen molar-refractivity contribution in [3.05, 3.63) is 0 Å². The minimum atomic E-state index is -1.40. The molecule has 0 bridgehead atoms. The van der Waals surface area contributed by atoms with E-state index >= 15 is 0 Å². The highest BCUT2D eigenvalue weighted by atomic mass is 16.8. The molecule has 0 aromatic heterocycles. The van der Waals surface area contributed by atoms with Gasteiger partial charge >= 0.3 is 6.16 Å². The minimum absolute atomic E-state index is 0.117. The van der Waals surface area contributed by atoms with Crippen molar-refractivity contribution in [1.82, 2.24) is 5.48 Å². The lowest BCUT2D eigenvalue weighted by atomic mass is 10.7. The molecule has 0 saturated heterocycles. The molecule has 0 fully saturated rings. The highest BCUT2D eigenvalue weighted by Crippen LogP contribution is 1.65. The lowest BCUT2D eigenvalue weighted by molar-refractivity contribution is 0.0385. The highest BCUT2D eigenvalue weighted by molar-refractivity contribution is 5.56. The summed E-state index contributed by atoms with van der Waals surface area (Å²) in [4.78, 5) is 13.3. The molecule has 0 radical (unpaired) electrons. The van der Waals surface area contributed by atoms with E-state index in [1.54, 1.807) is 0 Å². The van der Waals surface area contributed by atoms with Gasteiger partial charge in [0.15, 0.2) is 0 Å². The summed E-state index contributed by atoms with van der Waals surface area (Å²) in [7, 11) is 0. The summed E-state index contributed by atoms with van der Waals surface area (Å²) in [6, 6.07) is 0. The molecule has 0 unspecified atom stereocenters. The van der Waals surface area contributed by atoms with Gasteiger partial charge in [-0.05, 0) is 0 Å². The van der Waals surface area contributed by atoms with Gasteiger partial charge in [-0.3, -0.25) is 0 Å². The summed E-state index contributed by atoms with van der Waals surface area (Å²) in [6.07, 6.45) is -1.40. The summed E-state index contributed by atoms with van der Waals surface area (Å²) in [5.41, 5.74) is 1.98. The van der Waals surface area contributed by atoms with Crippen molar-refractivity contribution in [2.45, 2.75) is 0 Å². The van der Waals surface area contributed by atoms with Gasteiger partial charge in [-0.1, -0.05) is 0 Å². The lowest BCUT2D eigenvalue weighted by Crippen LogP contribution is -2.21. The van der Waals surface area contributed by atoms with Crippen LogP contribution >= 0.6 is 0 Å². The normalized spacial score (nSPS) is 8.62. The van der Waals surface area contributed by atoms with Crippen LogP contribution < -0.4 is 5.48 Å². The second kappa shape index (κ2) is 4.35. The van der Waals surface area contributed by atoms with Gasteiger partial charge in [-0.15, -0.1) is 5.48 Å². The number of aliphatic hydroxyl groups excluding tert-OH is 1. The van der Waals surface area contributed by atoms with Crippen LogP contribution in [0.3, 0.4) is 0 Å². The Balaban J connectivity index is 2.82. The molecule has 0 aliphatic rings. The van der Waals surface area contributed by atoms with E-state index in [9.17, 15) is 4.79 Å². The van der Waals surface area contributed by atoms with E-state index in [1.807, 2.05) is 5.48 Å². The molecule has 0 spiro atoms. The Morgan fingerprint density at radius 2 is 2.38 bits per heavy atom. The van der Waals surface area contributed by atoms with Crippen LogP contribution in [0.5, 0.6) is 0 Å². The van der Waals surface area contributed by atoms with E-state index in [-0.39, 0.29) is 13.2 Å². The van der Waals surface area contributed by atoms with Crippen LogP contribution in [0.2, 0.25) is 0 Å². The zero-order valence-electron chi connectivity index (χ0n) is 4.13. The van der Waals surface area contributed by atoms with Crippen molar-refractivity contribution in [3.8, 4) is 0 Å². The van der Waals surface area contributed by atoms with Gasteiger partial charge < -0.3 is 15.1 Å². The van der Waals surface area contributed by atoms with Gasteiger partial charge in [0.25, 0.3) is 0 Å². The van der Waals surface area contributed by atoms with Crippen LogP contribution in [-0.2, 0) is 4.84 Å². The van der Waals surface area contributed by atoms with Crippen molar-refractivity contribution >= 4 is 6.16 Å². The van der Waals surface area contributed by atoms with E-state index in [0.29, 0.717) is 0 Å². The first-order chi connectivity index (χ1) is 3.77. The molecular weight excluding hydrogens is 114 g/mol. The monoisotopic (exact) mass is 121 g/mol. The Morgan fingerprint density at radius 1 is 1.75 bits per heavy atom. The maximum atomic E-state index is 9.51. The average Bonchev–Trinajstić information content (AvgIpc) is 1.66. The van der Waals surface area contributed by atoms with Crippen molar-refractivity contribution < 1.29 is 19.8 Å². The minimum Gasteiger partial charge on any atom is -0.448 e. The Morgan fingerprint density at radius 3 is 2.75 bits per heavy atom. The SMILES string of the molecule is O=C(O)ONCCO. The highest BCUT2D eigenvalue weighted by Gasteiger charge is 1.91.